The Balaban J connectivity index is 2.19. The minimum atomic E-state index is -0.804. The number of benzene rings is 1. The van der Waals surface area contributed by atoms with Gasteiger partial charge in [0.1, 0.15) is 0 Å². The highest BCUT2D eigenvalue weighted by Gasteiger charge is 2.35. The Bertz CT molecular complexity index is 559. The third-order valence-corrected chi connectivity index (χ3v) is 3.60. The quantitative estimate of drug-likeness (QED) is 0.638. The van der Waals surface area contributed by atoms with Crippen LogP contribution in [0, 0.1) is 0 Å². The van der Waals surface area contributed by atoms with Crippen LogP contribution in [0.15, 0.2) is 24.3 Å². The third kappa shape index (κ3) is 2.95. The summed E-state index contributed by atoms with van der Waals surface area (Å²) in [5.74, 6) is -1.47. The van der Waals surface area contributed by atoms with Gasteiger partial charge in [-0.2, -0.15) is 0 Å². The van der Waals surface area contributed by atoms with Crippen LogP contribution in [0.4, 0.5) is 5.69 Å². The van der Waals surface area contributed by atoms with E-state index in [1.54, 1.807) is 0 Å². The molecule has 0 fully saturated rings. The van der Waals surface area contributed by atoms with Gasteiger partial charge in [-0.05, 0) is 37.9 Å². The molecule has 1 atom stereocenters. The molecule has 0 saturated carbocycles. The topological polar surface area (TPSA) is 83.7 Å². The number of carbonyl (C=O) groups is 3. The zero-order valence-corrected chi connectivity index (χ0v) is 12.0. The van der Waals surface area contributed by atoms with Crippen molar-refractivity contribution in [2.24, 2.45) is 5.73 Å². The SMILES string of the molecule is CC1Cc2ccccc2N1C(=O)C(=O)N(C=O)CCCN. The van der Waals surface area contributed by atoms with Crippen LogP contribution in [-0.2, 0) is 20.8 Å². The molecule has 0 radical (unpaired) electrons. The molecule has 3 amide bonds. The molecule has 112 valence electrons. The first kappa shape index (κ1) is 15.2. The Morgan fingerprint density at radius 3 is 2.81 bits per heavy atom. The van der Waals surface area contributed by atoms with Crippen LogP contribution in [0.1, 0.15) is 18.9 Å². The Labute approximate surface area is 123 Å². The molecule has 2 rings (SSSR count). The van der Waals surface area contributed by atoms with Crippen LogP contribution in [0.2, 0.25) is 0 Å². The summed E-state index contributed by atoms with van der Waals surface area (Å²) in [7, 11) is 0. The Morgan fingerprint density at radius 2 is 2.14 bits per heavy atom. The van der Waals surface area contributed by atoms with Gasteiger partial charge in [-0.3, -0.25) is 19.3 Å². The lowest BCUT2D eigenvalue weighted by Gasteiger charge is -2.24. The zero-order valence-electron chi connectivity index (χ0n) is 12.0. The number of hydrogen-bond donors (Lipinski definition) is 1. The predicted molar refractivity (Wildman–Crippen MR) is 78.5 cm³/mol. The smallest absolute Gasteiger partial charge is 0.318 e. The molecule has 0 aromatic heterocycles. The molecule has 2 N–H and O–H groups in total. The molecule has 1 unspecified atom stereocenters. The number of para-hydroxylation sites is 1. The molecule has 1 aromatic carbocycles. The molecule has 0 aliphatic carbocycles. The van der Waals surface area contributed by atoms with Gasteiger partial charge in [0.05, 0.1) is 0 Å². The predicted octanol–water partition coefficient (Wildman–Crippen LogP) is 0.298. The van der Waals surface area contributed by atoms with Gasteiger partial charge in [0, 0.05) is 18.3 Å². The van der Waals surface area contributed by atoms with E-state index in [0.717, 1.165) is 16.2 Å². The van der Waals surface area contributed by atoms with Crippen LogP contribution < -0.4 is 10.6 Å². The molecule has 0 spiro atoms. The average molecular weight is 289 g/mol. The lowest BCUT2D eigenvalue weighted by Crippen LogP contribution is -2.47. The maximum absolute atomic E-state index is 12.4. The molecule has 0 saturated heterocycles. The first-order valence-electron chi connectivity index (χ1n) is 6.97. The Hall–Kier alpha value is -2.21. The van der Waals surface area contributed by atoms with E-state index in [4.69, 9.17) is 5.73 Å². The molecule has 1 heterocycles. The summed E-state index contributed by atoms with van der Waals surface area (Å²) in [6.07, 6.45) is 1.57. The van der Waals surface area contributed by atoms with Crippen molar-refractivity contribution in [1.82, 2.24) is 4.90 Å². The van der Waals surface area contributed by atoms with Gasteiger partial charge < -0.3 is 10.6 Å². The highest BCUT2D eigenvalue weighted by molar-refractivity contribution is 6.42. The van der Waals surface area contributed by atoms with Crippen LogP contribution in [0.3, 0.4) is 0 Å². The number of imide groups is 1. The van der Waals surface area contributed by atoms with Crippen molar-refractivity contribution in [3.05, 3.63) is 29.8 Å². The van der Waals surface area contributed by atoms with Gasteiger partial charge in [0.2, 0.25) is 6.41 Å². The number of nitrogens with two attached hydrogens (primary N) is 1. The first-order valence-corrected chi connectivity index (χ1v) is 6.97. The van der Waals surface area contributed by atoms with Crippen molar-refractivity contribution in [1.29, 1.82) is 0 Å². The maximum Gasteiger partial charge on any atom is 0.318 e. The summed E-state index contributed by atoms with van der Waals surface area (Å²) in [6.45, 7) is 2.40. The number of anilines is 1. The summed E-state index contributed by atoms with van der Waals surface area (Å²) >= 11 is 0. The standard InChI is InChI=1S/C15H19N3O3/c1-11-9-12-5-2-3-6-13(12)18(11)15(21)14(20)17(10-19)8-4-7-16/h2-3,5-6,10-11H,4,7-9,16H2,1H3. The van der Waals surface area contributed by atoms with Crippen molar-refractivity contribution in [2.45, 2.75) is 25.8 Å². The summed E-state index contributed by atoms with van der Waals surface area (Å²) in [5, 5.41) is 0. The van der Waals surface area contributed by atoms with Crippen LogP contribution in [0.25, 0.3) is 0 Å². The number of carbonyl (C=O) groups excluding carboxylic acids is 3. The van der Waals surface area contributed by atoms with Gasteiger partial charge in [-0.15, -0.1) is 0 Å². The van der Waals surface area contributed by atoms with Crippen LogP contribution in [-0.4, -0.2) is 42.3 Å². The van der Waals surface area contributed by atoms with Crippen LogP contribution in [0.5, 0.6) is 0 Å². The summed E-state index contributed by atoms with van der Waals surface area (Å²) in [6, 6.07) is 7.39. The second-order valence-electron chi connectivity index (χ2n) is 5.10. The van der Waals surface area contributed by atoms with E-state index in [1.807, 2.05) is 31.2 Å². The third-order valence-electron chi connectivity index (χ3n) is 3.60. The van der Waals surface area contributed by atoms with Gasteiger partial charge >= 0.3 is 11.8 Å². The summed E-state index contributed by atoms with van der Waals surface area (Å²) in [5.41, 5.74) is 7.14. The van der Waals surface area contributed by atoms with Crippen molar-refractivity contribution in [3.8, 4) is 0 Å². The van der Waals surface area contributed by atoms with Gasteiger partial charge in [0.25, 0.3) is 0 Å². The van der Waals surface area contributed by atoms with Crippen molar-refractivity contribution >= 4 is 23.9 Å². The van der Waals surface area contributed by atoms with Gasteiger partial charge in [-0.1, -0.05) is 18.2 Å². The Kier molecular flexibility index (Phi) is 4.70. The minimum Gasteiger partial charge on any atom is -0.330 e. The van der Waals surface area contributed by atoms with Gasteiger partial charge in [0.15, 0.2) is 0 Å². The molecule has 6 heteroatoms. The largest absolute Gasteiger partial charge is 0.330 e. The van der Waals surface area contributed by atoms with Crippen molar-refractivity contribution < 1.29 is 14.4 Å². The molecule has 1 aliphatic rings. The van der Waals surface area contributed by atoms with E-state index in [-0.39, 0.29) is 12.6 Å². The number of nitrogens with zero attached hydrogens (tertiary/aromatic N) is 2. The van der Waals surface area contributed by atoms with E-state index in [0.29, 0.717) is 25.8 Å². The van der Waals surface area contributed by atoms with E-state index < -0.39 is 11.8 Å². The second kappa shape index (κ2) is 6.49. The molecule has 0 bridgehead atoms. The lowest BCUT2D eigenvalue weighted by atomic mass is 10.1. The molecular weight excluding hydrogens is 270 g/mol. The van der Waals surface area contributed by atoms with E-state index in [1.165, 1.54) is 4.90 Å². The fourth-order valence-electron chi connectivity index (χ4n) is 2.56. The van der Waals surface area contributed by atoms with E-state index in [9.17, 15) is 14.4 Å². The number of amides is 3. The fraction of sp³-hybridized carbons (Fsp3) is 0.400. The second-order valence-corrected chi connectivity index (χ2v) is 5.10. The number of fused-ring (bicyclic) bond motifs is 1. The minimum absolute atomic E-state index is 0.0955. The average Bonchev–Trinajstić information content (AvgIpc) is 2.82. The normalized spacial score (nSPS) is 16.5. The van der Waals surface area contributed by atoms with E-state index >= 15 is 0 Å². The van der Waals surface area contributed by atoms with Crippen LogP contribution >= 0.6 is 0 Å². The Morgan fingerprint density at radius 1 is 1.43 bits per heavy atom. The number of hydrogen-bond acceptors (Lipinski definition) is 4. The highest BCUT2D eigenvalue weighted by atomic mass is 16.2. The molecule has 1 aliphatic heterocycles. The molecule has 1 aromatic rings. The van der Waals surface area contributed by atoms with E-state index in [2.05, 4.69) is 0 Å². The molecule has 6 nitrogen and oxygen atoms in total. The lowest BCUT2D eigenvalue weighted by molar-refractivity contribution is -0.147. The highest BCUT2D eigenvalue weighted by Crippen LogP contribution is 2.31. The first-order chi connectivity index (χ1) is 10.1. The number of rotatable bonds is 4. The molecular formula is C15H19N3O3. The fourth-order valence-corrected chi connectivity index (χ4v) is 2.56. The summed E-state index contributed by atoms with van der Waals surface area (Å²) in [4.78, 5) is 38.0. The molecule has 21 heavy (non-hydrogen) atoms. The summed E-state index contributed by atoms with van der Waals surface area (Å²) < 4.78 is 0. The maximum atomic E-state index is 12.4. The monoisotopic (exact) mass is 289 g/mol. The van der Waals surface area contributed by atoms with Gasteiger partial charge in [-0.25, -0.2) is 0 Å². The van der Waals surface area contributed by atoms with Crippen molar-refractivity contribution in [2.75, 3.05) is 18.0 Å². The van der Waals surface area contributed by atoms with Crippen molar-refractivity contribution in [3.63, 3.8) is 0 Å². The zero-order chi connectivity index (χ0) is 15.4.